The van der Waals surface area contributed by atoms with E-state index in [1.54, 1.807) is 41.5 Å². The summed E-state index contributed by atoms with van der Waals surface area (Å²) in [4.78, 5) is 28.2. The van der Waals surface area contributed by atoms with Crippen molar-refractivity contribution in [3.63, 3.8) is 0 Å². The zero-order valence-electron chi connectivity index (χ0n) is 31.4. The molecule has 3 aliphatic rings. The second kappa shape index (κ2) is 18.7. The van der Waals surface area contributed by atoms with Gasteiger partial charge in [0.2, 0.25) is 1.43 Å². The second-order valence-electron chi connectivity index (χ2n) is 12.3. The number of anilines is 1. The Hall–Kier alpha value is -2.99. The molecule has 3 unspecified atom stereocenters. The van der Waals surface area contributed by atoms with Gasteiger partial charge in [-0.15, -0.1) is 6.58 Å². The van der Waals surface area contributed by atoms with Crippen LogP contribution in [0.3, 0.4) is 0 Å². The van der Waals surface area contributed by atoms with E-state index in [4.69, 9.17) is 33.6 Å². The van der Waals surface area contributed by atoms with E-state index in [0.717, 1.165) is 0 Å². The number of rotatable bonds is 13. The van der Waals surface area contributed by atoms with Crippen LogP contribution in [0.1, 0.15) is 57.9 Å². The predicted octanol–water partition coefficient (Wildman–Crippen LogP) is 3.76. The van der Waals surface area contributed by atoms with E-state index in [1.165, 1.54) is 13.4 Å². The van der Waals surface area contributed by atoms with Crippen LogP contribution >= 0.6 is 20.7 Å². The Morgan fingerprint density at radius 1 is 1.25 bits per heavy atom. The van der Waals surface area contributed by atoms with Crippen LogP contribution in [0.4, 0.5) is 11.5 Å². The number of amides is 1. The van der Waals surface area contributed by atoms with Gasteiger partial charge in [-0.1, -0.05) is 24.3 Å². The standard InChI is InChI=1S/C32H44N7O7PS2.CH4O/c1-7-13-36-46-47(39(20(2)3)21(4)5)45-27-22(6)43-28(29(27)44-32(48)38-14-16-49(41,42)17-15-38)24-18-33-26-25(24)34-19-35-30(26)37-31(40)23-11-9-8-10-12-23;1-2/h7-12,18-22,24,27-29,36H,1,13-17H2,2-6H3,(H,34,35,37,40);2H,1H3/t22-,24?,27+,28+,29?,47?;/m1./s1/i6D;2T. The fraction of sp³-hybridized carbons (Fsp3) is 0.545. The van der Waals surface area contributed by atoms with Gasteiger partial charge in [-0.2, -0.15) is 5.48 Å². The van der Waals surface area contributed by atoms with Crippen molar-refractivity contribution in [2.24, 2.45) is 4.99 Å². The van der Waals surface area contributed by atoms with E-state index in [0.29, 0.717) is 23.5 Å². The fourth-order valence-corrected chi connectivity index (χ4v) is 8.98. The minimum atomic E-state index is -3.17. The van der Waals surface area contributed by atoms with E-state index in [-0.39, 0.29) is 60.5 Å². The topological polar surface area (TPSA) is 177 Å². The average Bonchev–Trinajstić information content (AvgIpc) is 3.70. The van der Waals surface area contributed by atoms with Gasteiger partial charge in [-0.25, -0.2) is 27.7 Å². The third kappa shape index (κ3) is 10.1. The van der Waals surface area contributed by atoms with Crippen LogP contribution in [0, 0.1) is 0 Å². The first-order chi connectivity index (χ1) is 25.3. The lowest BCUT2D eigenvalue weighted by Crippen LogP contribution is -2.48. The highest BCUT2D eigenvalue weighted by Crippen LogP contribution is 2.50. The molecular formula is C33H48N7O8PS2. The normalized spacial score (nSPS) is 24.7. The Labute approximate surface area is 309 Å². The fourth-order valence-electron chi connectivity index (χ4n) is 5.83. The molecule has 0 spiro atoms. The van der Waals surface area contributed by atoms with Gasteiger partial charge < -0.3 is 29.3 Å². The maximum atomic E-state index is 13.0. The molecule has 3 N–H and O–H groups in total. The Morgan fingerprint density at radius 2 is 1.94 bits per heavy atom. The monoisotopic (exact) mass is 768 g/mol. The van der Waals surface area contributed by atoms with Crippen molar-refractivity contribution in [1.29, 1.82) is 1.43 Å². The molecule has 2 fully saturated rings. The smallest absolute Gasteiger partial charge is 0.277 e. The number of nitrogens with one attached hydrogen (secondary N) is 2. The van der Waals surface area contributed by atoms with Gasteiger partial charge in [0.05, 0.1) is 29.2 Å². The predicted molar refractivity (Wildman–Crippen MR) is 201 cm³/mol. The summed E-state index contributed by atoms with van der Waals surface area (Å²) in [6, 6.07) is 8.83. The maximum Gasteiger partial charge on any atom is 0.277 e. The molecule has 0 bridgehead atoms. The maximum absolute atomic E-state index is 13.0. The van der Waals surface area contributed by atoms with Gasteiger partial charge in [0.25, 0.3) is 19.6 Å². The molecule has 51 heavy (non-hydrogen) atoms. The van der Waals surface area contributed by atoms with Crippen molar-refractivity contribution in [2.75, 3.05) is 43.6 Å². The summed E-state index contributed by atoms with van der Waals surface area (Å²) in [6.45, 7) is 12.5. The number of hydrogen-bond donors (Lipinski definition) is 3. The number of aromatic nitrogens is 2. The van der Waals surface area contributed by atoms with Crippen molar-refractivity contribution in [3.8, 4) is 0 Å². The van der Waals surface area contributed by atoms with Gasteiger partial charge >= 0.3 is 0 Å². The molecule has 18 heteroatoms. The highest BCUT2D eigenvalue weighted by atomic mass is 32.2. The number of sulfone groups is 1. The first kappa shape index (κ1) is 37.8. The molecule has 1 amide bonds. The highest BCUT2D eigenvalue weighted by Gasteiger charge is 2.53. The summed E-state index contributed by atoms with van der Waals surface area (Å²) in [5.41, 5.74) is 4.25. The number of aliphatic hydroxyl groups excluding tert-OH is 1. The highest BCUT2D eigenvalue weighted by molar-refractivity contribution is 7.91. The number of hydrogen-bond acceptors (Lipinski definition) is 14. The number of hydroxylamine groups is 1. The SMILES string of the molecule is [2H]C[C@H]1O[C@@H](C2C=Nc3c(NC(=O)c4ccccc4)ncnc32)C(OC(=S)N2CCS(=O)(=O)CC2)[C@H]1OP(ONCC=C)N(C(C)C)C(C)C.[3H]OC. The number of ether oxygens (including phenoxy) is 2. The zero-order chi connectivity index (χ0) is 38.7. The number of aliphatic imine (C=N–C) groups is 1. The van der Waals surface area contributed by atoms with Gasteiger partial charge in [0.1, 0.15) is 24.2 Å². The number of aliphatic hydroxyl groups is 1. The number of fused-ring (bicyclic) bond motifs is 1. The zero-order valence-corrected chi connectivity index (χ0v) is 31.9. The first-order valence-corrected chi connectivity index (χ1v) is 19.8. The van der Waals surface area contributed by atoms with Crippen LogP contribution in [0.5, 0.6) is 0 Å². The minimum absolute atomic E-state index is 0.0324. The lowest BCUT2D eigenvalue weighted by molar-refractivity contribution is 0.0126. The Balaban J connectivity index is 0.00000202. The summed E-state index contributed by atoms with van der Waals surface area (Å²) in [7, 11) is -3.64. The largest absolute Gasteiger partial charge is 0.462 e. The number of carbonyl (C=O) groups excluding carboxylic acids is 1. The van der Waals surface area contributed by atoms with Crippen LogP contribution in [-0.4, -0.2) is 127 Å². The van der Waals surface area contributed by atoms with Gasteiger partial charge in [0.15, 0.2) is 21.8 Å². The van der Waals surface area contributed by atoms with E-state index >= 15 is 0 Å². The summed E-state index contributed by atoms with van der Waals surface area (Å²) >= 11 is 5.75. The molecule has 5 rings (SSSR count). The number of benzene rings is 1. The molecule has 6 atom stereocenters. The van der Waals surface area contributed by atoms with Crippen molar-refractivity contribution in [2.45, 2.75) is 77.0 Å². The summed E-state index contributed by atoms with van der Waals surface area (Å²) in [5, 5.41) is 6.44. The average molecular weight is 769 g/mol. The lowest BCUT2D eigenvalue weighted by atomic mass is 9.94. The molecule has 1 aromatic heterocycles. The summed E-state index contributed by atoms with van der Waals surface area (Å²) in [6.07, 6.45) is 1.41. The lowest BCUT2D eigenvalue weighted by Gasteiger charge is -2.38. The van der Waals surface area contributed by atoms with Crippen LogP contribution in [0.2, 0.25) is 0 Å². The Morgan fingerprint density at radius 3 is 2.57 bits per heavy atom. The van der Waals surface area contributed by atoms with Crippen molar-refractivity contribution in [3.05, 3.63) is 60.6 Å². The van der Waals surface area contributed by atoms with Gasteiger partial charge in [-0.3, -0.25) is 9.79 Å². The number of nitrogens with zero attached hydrogens (tertiary/aromatic N) is 5. The molecule has 2 aromatic rings. The Kier molecular flexibility index (Phi) is 13.8. The summed E-state index contributed by atoms with van der Waals surface area (Å²) in [5.74, 6) is -0.783. The third-order valence-corrected chi connectivity index (χ3v) is 12.1. The molecule has 3 aliphatic heterocycles. The molecule has 4 heterocycles. The van der Waals surface area contributed by atoms with Gasteiger partial charge in [-0.05, 0) is 58.9 Å². The van der Waals surface area contributed by atoms with Crippen LogP contribution < -0.4 is 10.8 Å². The quantitative estimate of drug-likeness (QED) is 0.0883. The molecular weight excluding hydrogens is 718 g/mol. The molecule has 280 valence electrons. The minimum Gasteiger partial charge on any atom is -0.462 e. The second-order valence-corrected chi connectivity index (χ2v) is 16.3. The van der Waals surface area contributed by atoms with E-state index in [2.05, 4.69) is 42.1 Å². The molecule has 15 nitrogen and oxygen atoms in total. The van der Waals surface area contributed by atoms with E-state index in [9.17, 15) is 13.2 Å². The molecule has 0 aliphatic carbocycles. The molecule has 0 radical (unpaired) electrons. The molecule has 1 aromatic carbocycles. The van der Waals surface area contributed by atoms with Crippen molar-refractivity contribution < 1.29 is 38.3 Å². The van der Waals surface area contributed by atoms with Crippen LogP contribution in [0.25, 0.3) is 0 Å². The summed E-state index contributed by atoms with van der Waals surface area (Å²) < 4.78 is 66.6. The number of carbonyl (C=O) groups is 1. The molecule has 0 saturated carbocycles. The van der Waals surface area contributed by atoms with E-state index < -0.39 is 48.7 Å². The Bertz CT molecular complexity index is 1660. The van der Waals surface area contributed by atoms with Crippen LogP contribution in [0.15, 0.2) is 54.3 Å². The first-order valence-electron chi connectivity index (χ1n) is 17.6. The van der Waals surface area contributed by atoms with Gasteiger partial charge in [0, 0.05) is 52.0 Å². The van der Waals surface area contributed by atoms with Crippen molar-refractivity contribution >= 4 is 59.4 Å². The van der Waals surface area contributed by atoms with Crippen LogP contribution in [-0.2, 0) is 28.5 Å². The molecule has 2 saturated heterocycles. The third-order valence-electron chi connectivity index (χ3n) is 8.17. The number of thiocarbonyl (C=S) groups is 1. The van der Waals surface area contributed by atoms with E-state index in [1.807, 2.05) is 33.8 Å². The van der Waals surface area contributed by atoms with Crippen molar-refractivity contribution in [1.82, 2.24) is 25.0 Å².